The number of aliphatic carboxylic acids is 1. The minimum Gasteiger partial charge on any atom is -0.481 e. The molecule has 0 aliphatic carbocycles. The molecule has 0 aliphatic heterocycles. The third-order valence-corrected chi connectivity index (χ3v) is 2.07. The molecule has 1 rings (SSSR count). The van der Waals surface area contributed by atoms with Gasteiger partial charge in [0.2, 0.25) is 0 Å². The third kappa shape index (κ3) is 1.58. The van der Waals surface area contributed by atoms with Gasteiger partial charge in [-0.15, -0.1) is 0 Å². The first kappa shape index (κ1) is 9.06. The van der Waals surface area contributed by atoms with Crippen molar-refractivity contribution in [2.24, 2.45) is 7.05 Å². The molecule has 5 heteroatoms. The maximum Gasteiger partial charge on any atom is 0.309 e. The van der Waals surface area contributed by atoms with Gasteiger partial charge in [0.25, 0.3) is 0 Å². The van der Waals surface area contributed by atoms with Crippen molar-refractivity contribution < 1.29 is 9.90 Å². The van der Waals surface area contributed by atoms with Gasteiger partial charge in [-0.3, -0.25) is 9.48 Å². The smallest absolute Gasteiger partial charge is 0.309 e. The van der Waals surface area contributed by atoms with E-state index in [9.17, 15) is 4.79 Å². The summed E-state index contributed by atoms with van der Waals surface area (Å²) in [6.07, 6.45) is -0.0871. The summed E-state index contributed by atoms with van der Waals surface area (Å²) in [5, 5.41) is 13.0. The van der Waals surface area contributed by atoms with Gasteiger partial charge < -0.3 is 5.11 Å². The molecular weight excluding hydrogens is 180 g/mol. The predicted molar refractivity (Wildman–Crippen MR) is 44.3 cm³/mol. The molecule has 0 unspecified atom stereocenters. The fourth-order valence-corrected chi connectivity index (χ4v) is 1.24. The molecule has 0 amide bonds. The lowest BCUT2D eigenvalue weighted by molar-refractivity contribution is -0.136. The zero-order valence-electron chi connectivity index (χ0n) is 6.83. The van der Waals surface area contributed by atoms with Crippen LogP contribution >= 0.6 is 11.6 Å². The van der Waals surface area contributed by atoms with Crippen molar-refractivity contribution in [3.8, 4) is 0 Å². The van der Waals surface area contributed by atoms with Gasteiger partial charge in [-0.25, -0.2) is 0 Å². The number of aryl methyl sites for hydroxylation is 2. The zero-order valence-corrected chi connectivity index (χ0v) is 7.59. The average Bonchev–Trinajstić information content (AvgIpc) is 2.16. The molecule has 0 aliphatic rings. The van der Waals surface area contributed by atoms with E-state index >= 15 is 0 Å². The normalized spacial score (nSPS) is 10.2. The Bertz CT molecular complexity index is 319. The Morgan fingerprint density at radius 3 is 2.67 bits per heavy atom. The van der Waals surface area contributed by atoms with Crippen LogP contribution in [0.5, 0.6) is 0 Å². The number of carbonyl (C=O) groups is 1. The van der Waals surface area contributed by atoms with Crippen LogP contribution in [0.2, 0.25) is 5.02 Å². The summed E-state index contributed by atoms with van der Waals surface area (Å²) in [5.41, 5.74) is 1.21. The highest BCUT2D eigenvalue weighted by Crippen LogP contribution is 2.19. The van der Waals surface area contributed by atoms with E-state index < -0.39 is 5.97 Å². The molecule has 0 fully saturated rings. The van der Waals surface area contributed by atoms with E-state index in [1.165, 1.54) is 4.68 Å². The second kappa shape index (κ2) is 3.15. The van der Waals surface area contributed by atoms with Crippen LogP contribution in [0.4, 0.5) is 0 Å². The number of hydrogen-bond donors (Lipinski definition) is 1. The summed E-state index contributed by atoms with van der Waals surface area (Å²) in [4.78, 5) is 10.4. The topological polar surface area (TPSA) is 55.1 Å². The first-order chi connectivity index (χ1) is 5.52. The fourth-order valence-electron chi connectivity index (χ4n) is 1.02. The largest absolute Gasteiger partial charge is 0.481 e. The lowest BCUT2D eigenvalue weighted by Gasteiger charge is -1.96. The predicted octanol–water partition coefficient (Wildman–Crippen LogP) is 1.01. The Labute approximate surface area is 74.8 Å². The van der Waals surface area contributed by atoms with E-state index in [1.54, 1.807) is 14.0 Å². The van der Waals surface area contributed by atoms with Crippen molar-refractivity contribution in [1.82, 2.24) is 9.78 Å². The molecule has 0 saturated carbocycles. The number of nitrogens with zero attached hydrogens (tertiary/aromatic N) is 2. The average molecular weight is 189 g/mol. The van der Waals surface area contributed by atoms with Gasteiger partial charge in [0.1, 0.15) is 0 Å². The highest BCUT2D eigenvalue weighted by atomic mass is 35.5. The number of aromatic nitrogens is 2. The third-order valence-electron chi connectivity index (χ3n) is 1.58. The maximum atomic E-state index is 10.4. The van der Waals surface area contributed by atoms with E-state index in [0.29, 0.717) is 16.4 Å². The lowest BCUT2D eigenvalue weighted by atomic mass is 10.3. The highest BCUT2D eigenvalue weighted by Gasteiger charge is 2.13. The van der Waals surface area contributed by atoms with E-state index in [-0.39, 0.29) is 6.42 Å². The SMILES string of the molecule is Cc1nn(C)c(CC(=O)O)c1Cl. The van der Waals surface area contributed by atoms with E-state index in [4.69, 9.17) is 16.7 Å². The molecule has 0 aromatic carbocycles. The summed E-state index contributed by atoms with van der Waals surface area (Å²) in [6.45, 7) is 1.74. The second-order valence-electron chi connectivity index (χ2n) is 2.54. The first-order valence-corrected chi connectivity index (χ1v) is 3.80. The van der Waals surface area contributed by atoms with Crippen LogP contribution in [-0.2, 0) is 18.3 Å². The molecule has 0 spiro atoms. The molecule has 66 valence electrons. The second-order valence-corrected chi connectivity index (χ2v) is 2.92. The van der Waals surface area contributed by atoms with Gasteiger partial charge in [-0.2, -0.15) is 5.10 Å². The summed E-state index contributed by atoms with van der Waals surface area (Å²) >= 11 is 5.81. The van der Waals surface area contributed by atoms with Crippen molar-refractivity contribution in [2.75, 3.05) is 0 Å². The number of halogens is 1. The summed E-state index contributed by atoms with van der Waals surface area (Å²) in [6, 6.07) is 0. The quantitative estimate of drug-likeness (QED) is 0.754. The van der Waals surface area contributed by atoms with Crippen molar-refractivity contribution in [1.29, 1.82) is 0 Å². The molecule has 0 bridgehead atoms. The number of hydrogen-bond acceptors (Lipinski definition) is 2. The van der Waals surface area contributed by atoms with Crippen LogP contribution in [0, 0.1) is 6.92 Å². The van der Waals surface area contributed by atoms with Crippen LogP contribution in [0.1, 0.15) is 11.4 Å². The monoisotopic (exact) mass is 188 g/mol. The molecular formula is C7H9ClN2O2. The first-order valence-electron chi connectivity index (χ1n) is 3.42. The summed E-state index contributed by atoms with van der Waals surface area (Å²) in [5.74, 6) is -0.903. The minimum absolute atomic E-state index is 0.0871. The van der Waals surface area contributed by atoms with Crippen LogP contribution in [0.25, 0.3) is 0 Å². The molecule has 1 N–H and O–H groups in total. The molecule has 1 heterocycles. The van der Waals surface area contributed by atoms with Crippen molar-refractivity contribution in [3.63, 3.8) is 0 Å². The van der Waals surface area contributed by atoms with Crippen LogP contribution in [0.15, 0.2) is 0 Å². The lowest BCUT2D eigenvalue weighted by Crippen LogP contribution is -2.06. The number of carboxylic acids is 1. The van der Waals surface area contributed by atoms with Crippen molar-refractivity contribution >= 4 is 17.6 Å². The Balaban J connectivity index is 3.05. The zero-order chi connectivity index (χ0) is 9.30. The van der Waals surface area contributed by atoms with Crippen LogP contribution in [-0.4, -0.2) is 20.9 Å². The van der Waals surface area contributed by atoms with Gasteiger partial charge in [0.05, 0.1) is 22.8 Å². The summed E-state index contributed by atoms with van der Waals surface area (Å²) < 4.78 is 1.49. The number of carboxylic acid groups (broad SMARTS) is 1. The molecule has 1 aromatic heterocycles. The van der Waals surface area contributed by atoms with E-state index in [1.807, 2.05) is 0 Å². The Hall–Kier alpha value is -1.03. The standard InChI is InChI=1S/C7H9ClN2O2/c1-4-7(8)5(3-6(11)12)10(2)9-4/h3H2,1-2H3,(H,11,12). The Morgan fingerprint density at radius 1 is 1.75 bits per heavy atom. The molecule has 0 atom stereocenters. The minimum atomic E-state index is -0.903. The van der Waals surface area contributed by atoms with E-state index in [0.717, 1.165) is 0 Å². The van der Waals surface area contributed by atoms with Gasteiger partial charge in [0.15, 0.2) is 0 Å². The molecule has 0 radical (unpaired) electrons. The van der Waals surface area contributed by atoms with E-state index in [2.05, 4.69) is 5.10 Å². The summed E-state index contributed by atoms with van der Waals surface area (Å²) in [7, 11) is 1.68. The van der Waals surface area contributed by atoms with Gasteiger partial charge in [0, 0.05) is 7.05 Å². The molecule has 1 aromatic rings. The van der Waals surface area contributed by atoms with Crippen molar-refractivity contribution in [3.05, 3.63) is 16.4 Å². The molecule has 12 heavy (non-hydrogen) atoms. The Kier molecular flexibility index (Phi) is 2.38. The fraction of sp³-hybridized carbons (Fsp3) is 0.429. The van der Waals surface area contributed by atoms with Gasteiger partial charge >= 0.3 is 5.97 Å². The van der Waals surface area contributed by atoms with Crippen molar-refractivity contribution in [2.45, 2.75) is 13.3 Å². The van der Waals surface area contributed by atoms with Gasteiger partial charge in [-0.05, 0) is 6.92 Å². The number of rotatable bonds is 2. The highest BCUT2D eigenvalue weighted by molar-refractivity contribution is 6.32. The molecule has 0 saturated heterocycles. The van der Waals surface area contributed by atoms with Gasteiger partial charge in [-0.1, -0.05) is 11.6 Å². The molecule has 4 nitrogen and oxygen atoms in total. The van der Waals surface area contributed by atoms with Crippen LogP contribution < -0.4 is 0 Å². The Morgan fingerprint density at radius 2 is 2.33 bits per heavy atom. The van der Waals surface area contributed by atoms with Crippen LogP contribution in [0.3, 0.4) is 0 Å². The maximum absolute atomic E-state index is 10.4.